The van der Waals surface area contributed by atoms with Crippen molar-refractivity contribution in [1.29, 1.82) is 0 Å². The normalized spacial score (nSPS) is 36.5. The van der Waals surface area contributed by atoms with Crippen LogP contribution >= 0.6 is 22.6 Å². The van der Waals surface area contributed by atoms with Crippen LogP contribution in [0.15, 0.2) is 0 Å². The maximum absolute atomic E-state index is 11.3. The highest BCUT2D eigenvalue weighted by atomic mass is 127. The van der Waals surface area contributed by atoms with Crippen molar-refractivity contribution in [3.8, 4) is 0 Å². The van der Waals surface area contributed by atoms with Crippen LogP contribution in [0.3, 0.4) is 0 Å². The fourth-order valence-corrected chi connectivity index (χ4v) is 2.05. The second-order valence-electron chi connectivity index (χ2n) is 3.51. The number of hydrogen-bond donors (Lipinski definition) is 2. The summed E-state index contributed by atoms with van der Waals surface area (Å²) < 4.78 is 0.320. The summed E-state index contributed by atoms with van der Waals surface area (Å²) in [6.45, 7) is 6.03. The van der Waals surface area contributed by atoms with Gasteiger partial charge in [0.1, 0.15) is 0 Å². The first-order chi connectivity index (χ1) is 4.96. The minimum absolute atomic E-state index is 0.0814. The Hall–Kier alpha value is 0.160. The monoisotopic (exact) mass is 268 g/mol. The second-order valence-corrected chi connectivity index (χ2v) is 4.85. The Bertz CT molecular complexity index is 181. The number of halogens is 1. The van der Waals surface area contributed by atoms with Gasteiger partial charge in [0.15, 0.2) is 0 Å². The number of carbonyl (C=O) groups excluding carboxylic acids is 1. The van der Waals surface area contributed by atoms with Crippen LogP contribution in [0, 0.1) is 11.3 Å². The Balaban J connectivity index is 2.80. The first-order valence-corrected chi connectivity index (χ1v) is 4.91. The van der Waals surface area contributed by atoms with Gasteiger partial charge in [0.05, 0.1) is 4.05 Å². The molecule has 1 saturated heterocycles. The summed E-state index contributed by atoms with van der Waals surface area (Å²) in [5.41, 5.74) is 5.33. The van der Waals surface area contributed by atoms with E-state index >= 15 is 0 Å². The van der Waals surface area contributed by atoms with Crippen LogP contribution < -0.4 is 10.9 Å². The van der Waals surface area contributed by atoms with Crippen LogP contribution in [0.4, 0.5) is 0 Å². The molecule has 1 aliphatic heterocycles. The van der Waals surface area contributed by atoms with Crippen molar-refractivity contribution >= 4 is 28.5 Å². The summed E-state index contributed by atoms with van der Waals surface area (Å²) in [6, 6.07) is 0. The molecule has 0 spiro atoms. The molecule has 2 atom stereocenters. The van der Waals surface area contributed by atoms with Gasteiger partial charge in [-0.05, 0) is 5.92 Å². The standard InChI is InChI=1S/C7H13IN2O/c1-4-5(8)9-10-6(11)7(4,2)3/h4-5,9H,1-3H3,(H,10,11). The molecule has 0 radical (unpaired) electrons. The van der Waals surface area contributed by atoms with E-state index in [0.717, 1.165) is 0 Å². The molecule has 0 aromatic carbocycles. The average Bonchev–Trinajstić information content (AvgIpc) is 1.95. The first-order valence-electron chi connectivity index (χ1n) is 3.66. The molecule has 0 aliphatic carbocycles. The molecular formula is C7H13IN2O. The Morgan fingerprint density at radius 1 is 1.55 bits per heavy atom. The van der Waals surface area contributed by atoms with Gasteiger partial charge >= 0.3 is 0 Å². The van der Waals surface area contributed by atoms with Gasteiger partial charge in [-0.3, -0.25) is 10.2 Å². The van der Waals surface area contributed by atoms with Gasteiger partial charge in [0.2, 0.25) is 5.91 Å². The molecule has 1 fully saturated rings. The number of hydrogen-bond acceptors (Lipinski definition) is 2. The number of alkyl halides is 1. The molecule has 2 N–H and O–H groups in total. The minimum atomic E-state index is -0.253. The highest BCUT2D eigenvalue weighted by Crippen LogP contribution is 2.33. The predicted molar refractivity (Wildman–Crippen MR) is 52.0 cm³/mol. The van der Waals surface area contributed by atoms with E-state index in [4.69, 9.17) is 0 Å². The molecule has 64 valence electrons. The Morgan fingerprint density at radius 3 is 2.55 bits per heavy atom. The Labute approximate surface area is 80.4 Å². The zero-order chi connectivity index (χ0) is 8.65. The third-order valence-electron chi connectivity index (χ3n) is 2.49. The van der Waals surface area contributed by atoms with Gasteiger partial charge in [-0.1, -0.05) is 43.4 Å². The van der Waals surface area contributed by atoms with Crippen molar-refractivity contribution in [1.82, 2.24) is 10.9 Å². The van der Waals surface area contributed by atoms with Crippen molar-refractivity contribution < 1.29 is 4.79 Å². The molecule has 0 aromatic heterocycles. The molecule has 1 amide bonds. The third kappa shape index (κ3) is 1.51. The van der Waals surface area contributed by atoms with E-state index in [0.29, 0.717) is 9.97 Å². The van der Waals surface area contributed by atoms with Crippen LogP contribution in [0.2, 0.25) is 0 Å². The number of rotatable bonds is 0. The average molecular weight is 268 g/mol. The summed E-state index contributed by atoms with van der Waals surface area (Å²) in [7, 11) is 0. The van der Waals surface area contributed by atoms with Gasteiger partial charge in [-0.15, -0.1) is 0 Å². The zero-order valence-electron chi connectivity index (χ0n) is 6.94. The molecule has 4 heteroatoms. The Morgan fingerprint density at radius 2 is 2.09 bits per heavy atom. The molecule has 1 rings (SSSR count). The van der Waals surface area contributed by atoms with Crippen molar-refractivity contribution in [3.63, 3.8) is 0 Å². The van der Waals surface area contributed by atoms with Crippen molar-refractivity contribution in [3.05, 3.63) is 0 Å². The summed E-state index contributed by atoms with van der Waals surface area (Å²) in [4.78, 5) is 11.3. The van der Waals surface area contributed by atoms with Crippen LogP contribution in [0.25, 0.3) is 0 Å². The molecule has 2 unspecified atom stereocenters. The maximum Gasteiger partial charge on any atom is 0.240 e. The fourth-order valence-electron chi connectivity index (χ4n) is 0.993. The topological polar surface area (TPSA) is 41.1 Å². The van der Waals surface area contributed by atoms with Gasteiger partial charge in [-0.2, -0.15) is 0 Å². The van der Waals surface area contributed by atoms with Crippen molar-refractivity contribution in [2.45, 2.75) is 24.8 Å². The van der Waals surface area contributed by atoms with Crippen LogP contribution in [0.5, 0.6) is 0 Å². The quantitative estimate of drug-likeness (QED) is 0.391. The lowest BCUT2D eigenvalue weighted by atomic mass is 9.78. The van der Waals surface area contributed by atoms with E-state index in [9.17, 15) is 4.79 Å². The number of amides is 1. The smallest absolute Gasteiger partial charge is 0.240 e. The number of carbonyl (C=O) groups is 1. The van der Waals surface area contributed by atoms with E-state index in [1.54, 1.807) is 0 Å². The summed E-state index contributed by atoms with van der Waals surface area (Å²) in [5.74, 6) is 0.440. The zero-order valence-corrected chi connectivity index (χ0v) is 9.10. The van der Waals surface area contributed by atoms with Crippen molar-refractivity contribution in [2.24, 2.45) is 11.3 Å². The third-order valence-corrected chi connectivity index (χ3v) is 3.88. The molecule has 0 aromatic rings. The molecule has 1 heterocycles. The Kier molecular flexibility index (Phi) is 2.43. The lowest BCUT2D eigenvalue weighted by Crippen LogP contribution is -2.59. The predicted octanol–water partition coefficient (Wildman–Crippen LogP) is 1.04. The van der Waals surface area contributed by atoms with Crippen LogP contribution in [-0.4, -0.2) is 9.96 Å². The number of hydrazine groups is 1. The fraction of sp³-hybridized carbons (Fsp3) is 0.857. The van der Waals surface area contributed by atoms with Gasteiger partial charge in [-0.25, -0.2) is 5.43 Å². The molecule has 11 heavy (non-hydrogen) atoms. The van der Waals surface area contributed by atoms with Crippen molar-refractivity contribution in [2.75, 3.05) is 0 Å². The summed E-state index contributed by atoms with van der Waals surface area (Å²) in [5, 5.41) is 0. The molecule has 3 nitrogen and oxygen atoms in total. The largest absolute Gasteiger partial charge is 0.290 e. The second kappa shape index (κ2) is 2.90. The highest BCUT2D eigenvalue weighted by molar-refractivity contribution is 14.1. The lowest BCUT2D eigenvalue weighted by molar-refractivity contribution is -0.136. The van der Waals surface area contributed by atoms with E-state index in [-0.39, 0.29) is 11.3 Å². The minimum Gasteiger partial charge on any atom is -0.290 e. The van der Waals surface area contributed by atoms with E-state index < -0.39 is 0 Å². The van der Waals surface area contributed by atoms with Crippen LogP contribution in [-0.2, 0) is 4.79 Å². The van der Waals surface area contributed by atoms with Gasteiger partial charge in [0.25, 0.3) is 0 Å². The molecule has 0 saturated carbocycles. The maximum atomic E-state index is 11.3. The van der Waals surface area contributed by atoms with E-state index in [1.807, 2.05) is 13.8 Å². The molecule has 1 aliphatic rings. The number of nitrogens with one attached hydrogen (secondary N) is 2. The molecular weight excluding hydrogens is 255 g/mol. The van der Waals surface area contributed by atoms with Crippen LogP contribution in [0.1, 0.15) is 20.8 Å². The van der Waals surface area contributed by atoms with E-state index in [1.165, 1.54) is 0 Å². The first kappa shape index (κ1) is 9.25. The summed E-state index contributed by atoms with van der Waals surface area (Å²) in [6.07, 6.45) is 0. The van der Waals surface area contributed by atoms with Gasteiger partial charge in [0, 0.05) is 5.41 Å². The van der Waals surface area contributed by atoms with Gasteiger partial charge < -0.3 is 0 Å². The highest BCUT2D eigenvalue weighted by Gasteiger charge is 2.41. The molecule has 0 bridgehead atoms. The SMILES string of the molecule is CC1C(I)NNC(=O)C1(C)C. The lowest BCUT2D eigenvalue weighted by Gasteiger charge is -2.39. The summed E-state index contributed by atoms with van der Waals surface area (Å²) >= 11 is 2.29. The van der Waals surface area contributed by atoms with E-state index in [2.05, 4.69) is 40.4 Å².